The molecule has 3 rings (SSSR count). The molecule has 1 saturated carbocycles. The van der Waals surface area contributed by atoms with Gasteiger partial charge < -0.3 is 10.1 Å². The zero-order valence-corrected chi connectivity index (χ0v) is 12.6. The third-order valence-electron chi connectivity index (χ3n) is 3.45. The third-order valence-corrected chi connectivity index (χ3v) is 3.81. The normalized spacial score (nSPS) is 13.7. The lowest BCUT2D eigenvalue weighted by atomic mass is 10.2. The van der Waals surface area contributed by atoms with Crippen molar-refractivity contribution in [2.24, 2.45) is 0 Å². The van der Waals surface area contributed by atoms with E-state index in [1.165, 1.54) is 6.07 Å². The molecule has 0 radical (unpaired) electrons. The van der Waals surface area contributed by atoms with Crippen LogP contribution in [0.3, 0.4) is 0 Å². The first kappa shape index (κ1) is 14.9. The van der Waals surface area contributed by atoms with Gasteiger partial charge in [0, 0.05) is 17.2 Å². The third kappa shape index (κ3) is 3.57. The predicted octanol–water partition coefficient (Wildman–Crippen LogP) is 3.95. The van der Waals surface area contributed by atoms with Crippen molar-refractivity contribution in [3.05, 3.63) is 64.4 Å². The van der Waals surface area contributed by atoms with Crippen molar-refractivity contribution in [1.82, 2.24) is 5.32 Å². The van der Waals surface area contributed by atoms with Gasteiger partial charge in [0.1, 0.15) is 18.2 Å². The van der Waals surface area contributed by atoms with Gasteiger partial charge in [-0.3, -0.25) is 4.79 Å². The second-order valence-corrected chi connectivity index (χ2v) is 5.67. The molecular formula is C17H15ClFNO2. The van der Waals surface area contributed by atoms with E-state index in [2.05, 4.69) is 5.32 Å². The van der Waals surface area contributed by atoms with Crippen molar-refractivity contribution >= 4 is 17.5 Å². The Morgan fingerprint density at radius 3 is 2.77 bits per heavy atom. The van der Waals surface area contributed by atoms with Gasteiger partial charge in [0.2, 0.25) is 0 Å². The van der Waals surface area contributed by atoms with Gasteiger partial charge in [-0.25, -0.2) is 4.39 Å². The largest absolute Gasteiger partial charge is 0.489 e. The molecule has 0 heterocycles. The summed E-state index contributed by atoms with van der Waals surface area (Å²) in [4.78, 5) is 12.0. The average Bonchev–Trinajstić information content (AvgIpc) is 3.31. The zero-order chi connectivity index (χ0) is 15.5. The highest BCUT2D eigenvalue weighted by atomic mass is 35.5. The van der Waals surface area contributed by atoms with Crippen molar-refractivity contribution in [2.45, 2.75) is 25.5 Å². The molecule has 0 unspecified atom stereocenters. The summed E-state index contributed by atoms with van der Waals surface area (Å²) in [6.07, 6.45) is 2.07. The Balaban J connectivity index is 1.68. The highest BCUT2D eigenvalue weighted by Gasteiger charge is 2.23. The molecule has 1 fully saturated rings. The molecule has 22 heavy (non-hydrogen) atoms. The van der Waals surface area contributed by atoms with Crippen molar-refractivity contribution < 1.29 is 13.9 Å². The Morgan fingerprint density at radius 1 is 1.27 bits per heavy atom. The number of ether oxygens (including phenoxy) is 1. The molecule has 2 aromatic rings. The molecule has 1 aliphatic rings. The van der Waals surface area contributed by atoms with Crippen molar-refractivity contribution in [3.8, 4) is 5.75 Å². The van der Waals surface area contributed by atoms with E-state index in [9.17, 15) is 9.18 Å². The molecule has 3 nitrogen and oxygen atoms in total. The molecule has 0 aliphatic heterocycles. The van der Waals surface area contributed by atoms with Crippen LogP contribution >= 0.6 is 11.6 Å². The van der Waals surface area contributed by atoms with E-state index in [0.717, 1.165) is 12.8 Å². The van der Waals surface area contributed by atoms with E-state index in [0.29, 0.717) is 27.9 Å². The van der Waals surface area contributed by atoms with Crippen LogP contribution in [0.25, 0.3) is 0 Å². The van der Waals surface area contributed by atoms with E-state index in [1.54, 1.807) is 36.4 Å². The maximum absolute atomic E-state index is 13.7. The maximum Gasteiger partial charge on any atom is 0.251 e. The van der Waals surface area contributed by atoms with E-state index >= 15 is 0 Å². The van der Waals surface area contributed by atoms with Crippen LogP contribution in [-0.4, -0.2) is 11.9 Å². The average molecular weight is 320 g/mol. The standard InChI is InChI=1S/C17H15ClFNO2/c18-15-5-2-6-16(19)14(15)10-22-13-4-1-3-11(9-13)17(21)20-12-7-8-12/h1-6,9,12H,7-8,10H2,(H,20,21). The van der Waals surface area contributed by atoms with Gasteiger partial charge in [0.15, 0.2) is 0 Å². The van der Waals surface area contributed by atoms with E-state index in [1.807, 2.05) is 0 Å². The maximum atomic E-state index is 13.7. The van der Waals surface area contributed by atoms with Gasteiger partial charge in [-0.1, -0.05) is 23.7 Å². The minimum atomic E-state index is -0.407. The van der Waals surface area contributed by atoms with Crippen LogP contribution < -0.4 is 10.1 Å². The van der Waals surface area contributed by atoms with Crippen LogP contribution in [0.5, 0.6) is 5.75 Å². The summed E-state index contributed by atoms with van der Waals surface area (Å²) in [5.41, 5.74) is 0.834. The number of hydrogen-bond donors (Lipinski definition) is 1. The monoisotopic (exact) mass is 319 g/mol. The quantitative estimate of drug-likeness (QED) is 0.906. The van der Waals surface area contributed by atoms with Crippen LogP contribution in [0, 0.1) is 5.82 Å². The van der Waals surface area contributed by atoms with Crippen LogP contribution in [0.15, 0.2) is 42.5 Å². The second kappa shape index (κ2) is 6.36. The topological polar surface area (TPSA) is 38.3 Å². The van der Waals surface area contributed by atoms with Crippen molar-refractivity contribution in [2.75, 3.05) is 0 Å². The first-order chi connectivity index (χ1) is 10.6. The minimum absolute atomic E-state index is 0.0131. The molecule has 0 atom stereocenters. The molecule has 0 saturated heterocycles. The number of hydrogen-bond acceptors (Lipinski definition) is 2. The number of amides is 1. The Hall–Kier alpha value is -2.07. The molecular weight excluding hydrogens is 305 g/mol. The van der Waals surface area contributed by atoms with Crippen LogP contribution in [0.2, 0.25) is 5.02 Å². The summed E-state index contributed by atoms with van der Waals surface area (Å²) in [6.45, 7) is 0.0131. The van der Waals surface area contributed by atoms with Gasteiger partial charge in [-0.05, 0) is 43.2 Å². The van der Waals surface area contributed by atoms with Gasteiger partial charge in [0.25, 0.3) is 5.91 Å². The highest BCUT2D eigenvalue weighted by Crippen LogP contribution is 2.23. The molecule has 5 heteroatoms. The summed E-state index contributed by atoms with van der Waals surface area (Å²) < 4.78 is 19.2. The number of carbonyl (C=O) groups is 1. The van der Waals surface area contributed by atoms with Gasteiger partial charge in [-0.2, -0.15) is 0 Å². The minimum Gasteiger partial charge on any atom is -0.489 e. The van der Waals surface area contributed by atoms with Crippen molar-refractivity contribution in [3.63, 3.8) is 0 Å². The Labute approximate surface area is 133 Å². The fraction of sp³-hybridized carbons (Fsp3) is 0.235. The fourth-order valence-corrected chi connectivity index (χ4v) is 2.27. The first-order valence-electron chi connectivity index (χ1n) is 7.10. The summed E-state index contributed by atoms with van der Waals surface area (Å²) in [5, 5.41) is 3.24. The second-order valence-electron chi connectivity index (χ2n) is 5.26. The number of halogens is 2. The zero-order valence-electron chi connectivity index (χ0n) is 11.8. The SMILES string of the molecule is O=C(NC1CC1)c1cccc(OCc2c(F)cccc2Cl)c1. The number of carbonyl (C=O) groups excluding carboxylic acids is 1. The number of nitrogens with one attached hydrogen (secondary N) is 1. The molecule has 0 aromatic heterocycles. The fourth-order valence-electron chi connectivity index (χ4n) is 2.05. The Bertz CT molecular complexity index is 681. The lowest BCUT2D eigenvalue weighted by Crippen LogP contribution is -2.25. The van der Waals surface area contributed by atoms with E-state index in [4.69, 9.17) is 16.3 Å². The molecule has 1 N–H and O–H groups in total. The molecule has 0 bridgehead atoms. The summed E-state index contributed by atoms with van der Waals surface area (Å²) in [7, 11) is 0. The molecule has 114 valence electrons. The Morgan fingerprint density at radius 2 is 2.05 bits per heavy atom. The van der Waals surface area contributed by atoms with Crippen LogP contribution in [-0.2, 0) is 6.61 Å². The van der Waals surface area contributed by atoms with E-state index in [-0.39, 0.29) is 12.5 Å². The van der Waals surface area contributed by atoms with Crippen LogP contribution in [0.1, 0.15) is 28.8 Å². The van der Waals surface area contributed by atoms with Gasteiger partial charge in [0.05, 0.1) is 5.02 Å². The van der Waals surface area contributed by atoms with Gasteiger partial charge >= 0.3 is 0 Å². The van der Waals surface area contributed by atoms with E-state index < -0.39 is 5.82 Å². The summed E-state index contributed by atoms with van der Waals surface area (Å²) >= 11 is 5.96. The lowest BCUT2D eigenvalue weighted by Gasteiger charge is -2.10. The van der Waals surface area contributed by atoms with Gasteiger partial charge in [-0.15, -0.1) is 0 Å². The molecule has 2 aromatic carbocycles. The molecule has 1 amide bonds. The number of rotatable bonds is 5. The predicted molar refractivity (Wildman–Crippen MR) is 82.7 cm³/mol. The summed E-state index contributed by atoms with van der Waals surface area (Å²) in [6, 6.07) is 11.6. The highest BCUT2D eigenvalue weighted by molar-refractivity contribution is 6.31. The Kier molecular flexibility index (Phi) is 4.29. The van der Waals surface area contributed by atoms with Crippen molar-refractivity contribution in [1.29, 1.82) is 0 Å². The molecule has 0 spiro atoms. The summed E-state index contributed by atoms with van der Waals surface area (Å²) in [5.74, 6) is -0.0187. The first-order valence-corrected chi connectivity index (χ1v) is 7.48. The lowest BCUT2D eigenvalue weighted by molar-refractivity contribution is 0.0950. The smallest absolute Gasteiger partial charge is 0.251 e. The van der Waals surface area contributed by atoms with Crippen LogP contribution in [0.4, 0.5) is 4.39 Å². The molecule has 1 aliphatic carbocycles. The number of benzene rings is 2.